The SMILES string of the molecule is O=C(Nc1nc2ccccc2s1)c1ccc(NCc2ccccc2)cc1. The molecule has 0 atom stereocenters. The third kappa shape index (κ3) is 3.73. The minimum Gasteiger partial charge on any atom is -0.381 e. The number of nitrogens with one attached hydrogen (secondary N) is 2. The van der Waals surface area contributed by atoms with E-state index < -0.39 is 0 Å². The van der Waals surface area contributed by atoms with Crippen LogP contribution in [0.2, 0.25) is 0 Å². The number of para-hydroxylation sites is 1. The Morgan fingerprint density at radius 2 is 1.62 bits per heavy atom. The molecule has 0 saturated carbocycles. The van der Waals surface area contributed by atoms with Gasteiger partial charge in [0.25, 0.3) is 5.91 Å². The maximum atomic E-state index is 12.4. The zero-order valence-electron chi connectivity index (χ0n) is 14.0. The number of thiazole rings is 1. The van der Waals surface area contributed by atoms with Gasteiger partial charge >= 0.3 is 0 Å². The molecule has 0 unspecified atom stereocenters. The second-order valence-electron chi connectivity index (χ2n) is 5.86. The minimum atomic E-state index is -0.154. The van der Waals surface area contributed by atoms with Crippen LogP contribution in [-0.4, -0.2) is 10.9 Å². The smallest absolute Gasteiger partial charge is 0.257 e. The molecule has 0 aliphatic rings. The molecule has 1 amide bonds. The number of aromatic nitrogens is 1. The van der Waals surface area contributed by atoms with Crippen molar-refractivity contribution in [2.24, 2.45) is 0 Å². The van der Waals surface area contributed by atoms with Crippen LogP contribution in [0.25, 0.3) is 10.2 Å². The van der Waals surface area contributed by atoms with Crippen molar-refractivity contribution in [1.82, 2.24) is 4.98 Å². The molecule has 0 saturated heterocycles. The molecule has 0 aliphatic heterocycles. The topological polar surface area (TPSA) is 54.0 Å². The first kappa shape index (κ1) is 16.3. The predicted molar refractivity (Wildman–Crippen MR) is 108 cm³/mol. The third-order valence-electron chi connectivity index (χ3n) is 4.00. The lowest BCUT2D eigenvalue weighted by molar-refractivity contribution is 0.102. The molecule has 128 valence electrons. The summed E-state index contributed by atoms with van der Waals surface area (Å²) in [5, 5.41) is 6.84. The molecular formula is C21H17N3OS. The summed E-state index contributed by atoms with van der Waals surface area (Å²) in [6.45, 7) is 0.748. The Bertz CT molecular complexity index is 993. The van der Waals surface area contributed by atoms with E-state index >= 15 is 0 Å². The van der Waals surface area contributed by atoms with E-state index in [4.69, 9.17) is 0 Å². The van der Waals surface area contributed by atoms with E-state index in [2.05, 4.69) is 27.8 Å². The quantitative estimate of drug-likeness (QED) is 0.517. The molecule has 0 aliphatic carbocycles. The monoisotopic (exact) mass is 359 g/mol. The Morgan fingerprint density at radius 1 is 0.885 bits per heavy atom. The first-order chi connectivity index (χ1) is 12.8. The van der Waals surface area contributed by atoms with Gasteiger partial charge in [0, 0.05) is 17.8 Å². The Balaban J connectivity index is 1.40. The number of nitrogens with zero attached hydrogens (tertiary/aromatic N) is 1. The molecule has 1 aromatic heterocycles. The van der Waals surface area contributed by atoms with Gasteiger partial charge in [-0.3, -0.25) is 10.1 Å². The van der Waals surface area contributed by atoms with Gasteiger partial charge < -0.3 is 5.32 Å². The van der Waals surface area contributed by atoms with Gasteiger partial charge in [-0.2, -0.15) is 0 Å². The zero-order chi connectivity index (χ0) is 17.8. The Kier molecular flexibility index (Phi) is 4.62. The molecule has 3 aromatic carbocycles. The van der Waals surface area contributed by atoms with Gasteiger partial charge in [-0.15, -0.1) is 0 Å². The molecule has 4 aromatic rings. The third-order valence-corrected chi connectivity index (χ3v) is 4.95. The molecule has 0 fully saturated rings. The number of hydrogen-bond donors (Lipinski definition) is 2. The highest BCUT2D eigenvalue weighted by Crippen LogP contribution is 2.25. The Morgan fingerprint density at radius 3 is 2.38 bits per heavy atom. The van der Waals surface area contributed by atoms with Crippen LogP contribution >= 0.6 is 11.3 Å². The molecule has 1 heterocycles. The minimum absolute atomic E-state index is 0.154. The maximum absolute atomic E-state index is 12.4. The standard InChI is InChI=1S/C21H17N3OS/c25-20(24-21-23-18-8-4-5-9-19(18)26-21)16-10-12-17(13-11-16)22-14-15-6-2-1-3-7-15/h1-13,22H,14H2,(H,23,24,25). The Hall–Kier alpha value is -3.18. The maximum Gasteiger partial charge on any atom is 0.257 e. The van der Waals surface area contributed by atoms with Gasteiger partial charge in [0.1, 0.15) is 0 Å². The van der Waals surface area contributed by atoms with E-state index in [1.54, 1.807) is 0 Å². The fourth-order valence-corrected chi connectivity index (χ4v) is 3.50. The van der Waals surface area contributed by atoms with E-state index in [0.29, 0.717) is 10.7 Å². The molecular weight excluding hydrogens is 342 g/mol. The van der Waals surface area contributed by atoms with Crippen molar-refractivity contribution < 1.29 is 4.79 Å². The molecule has 26 heavy (non-hydrogen) atoms. The second-order valence-corrected chi connectivity index (χ2v) is 6.89. The highest BCUT2D eigenvalue weighted by molar-refractivity contribution is 7.22. The summed E-state index contributed by atoms with van der Waals surface area (Å²) in [7, 11) is 0. The van der Waals surface area contributed by atoms with Crippen LogP contribution in [0, 0.1) is 0 Å². The second kappa shape index (κ2) is 7.37. The van der Waals surface area contributed by atoms with Gasteiger partial charge in [0.15, 0.2) is 5.13 Å². The summed E-state index contributed by atoms with van der Waals surface area (Å²) < 4.78 is 1.06. The number of amides is 1. The van der Waals surface area contributed by atoms with E-state index in [9.17, 15) is 4.79 Å². The van der Waals surface area contributed by atoms with Gasteiger partial charge in [-0.1, -0.05) is 53.8 Å². The van der Waals surface area contributed by atoms with Crippen molar-refractivity contribution in [3.63, 3.8) is 0 Å². The van der Waals surface area contributed by atoms with Gasteiger partial charge in [0.2, 0.25) is 0 Å². The normalized spacial score (nSPS) is 10.6. The molecule has 0 bridgehead atoms. The van der Waals surface area contributed by atoms with E-state index in [1.807, 2.05) is 66.7 Å². The fraction of sp³-hybridized carbons (Fsp3) is 0.0476. The van der Waals surface area contributed by atoms with Crippen LogP contribution in [0.5, 0.6) is 0 Å². The van der Waals surface area contributed by atoms with Crippen LogP contribution in [0.4, 0.5) is 10.8 Å². The van der Waals surface area contributed by atoms with E-state index in [-0.39, 0.29) is 5.91 Å². The van der Waals surface area contributed by atoms with Crippen molar-refractivity contribution in [2.45, 2.75) is 6.54 Å². The lowest BCUT2D eigenvalue weighted by atomic mass is 10.2. The number of hydrogen-bond acceptors (Lipinski definition) is 4. The molecule has 2 N–H and O–H groups in total. The van der Waals surface area contributed by atoms with Crippen LogP contribution < -0.4 is 10.6 Å². The average Bonchev–Trinajstić information content (AvgIpc) is 3.10. The molecule has 4 nitrogen and oxygen atoms in total. The van der Waals surface area contributed by atoms with E-state index in [1.165, 1.54) is 16.9 Å². The van der Waals surface area contributed by atoms with Gasteiger partial charge in [-0.25, -0.2) is 4.98 Å². The number of anilines is 2. The number of rotatable bonds is 5. The van der Waals surface area contributed by atoms with Crippen molar-refractivity contribution in [2.75, 3.05) is 10.6 Å². The van der Waals surface area contributed by atoms with Crippen molar-refractivity contribution in [3.8, 4) is 0 Å². The Labute approximate surface area is 155 Å². The highest BCUT2D eigenvalue weighted by Gasteiger charge is 2.09. The van der Waals surface area contributed by atoms with Crippen LogP contribution in [0.1, 0.15) is 15.9 Å². The summed E-state index contributed by atoms with van der Waals surface area (Å²) in [5.41, 5.74) is 3.69. The van der Waals surface area contributed by atoms with E-state index in [0.717, 1.165) is 22.4 Å². The van der Waals surface area contributed by atoms with Crippen molar-refractivity contribution in [1.29, 1.82) is 0 Å². The summed E-state index contributed by atoms with van der Waals surface area (Å²) >= 11 is 1.47. The first-order valence-corrected chi connectivity index (χ1v) is 9.14. The molecule has 4 rings (SSSR count). The summed E-state index contributed by atoms with van der Waals surface area (Å²) in [6.07, 6.45) is 0. The number of benzene rings is 3. The lowest BCUT2D eigenvalue weighted by Crippen LogP contribution is -2.11. The summed E-state index contributed by atoms with van der Waals surface area (Å²) in [4.78, 5) is 16.8. The largest absolute Gasteiger partial charge is 0.381 e. The fourth-order valence-electron chi connectivity index (χ4n) is 2.63. The van der Waals surface area contributed by atoms with Crippen molar-refractivity contribution in [3.05, 3.63) is 90.0 Å². The average molecular weight is 359 g/mol. The molecule has 5 heteroatoms. The molecule has 0 spiro atoms. The molecule has 0 radical (unpaired) electrons. The van der Waals surface area contributed by atoms with Gasteiger partial charge in [-0.05, 0) is 42.0 Å². The van der Waals surface area contributed by atoms with Crippen LogP contribution in [0.3, 0.4) is 0 Å². The van der Waals surface area contributed by atoms with Gasteiger partial charge in [0.05, 0.1) is 10.2 Å². The lowest BCUT2D eigenvalue weighted by Gasteiger charge is -2.07. The summed E-state index contributed by atoms with van der Waals surface area (Å²) in [6, 6.07) is 25.5. The number of carbonyl (C=O) groups excluding carboxylic acids is 1. The number of fused-ring (bicyclic) bond motifs is 1. The highest BCUT2D eigenvalue weighted by atomic mass is 32.1. The first-order valence-electron chi connectivity index (χ1n) is 8.33. The summed E-state index contributed by atoms with van der Waals surface area (Å²) in [5.74, 6) is -0.154. The predicted octanol–water partition coefficient (Wildman–Crippen LogP) is 5.16. The van der Waals surface area contributed by atoms with Crippen LogP contribution in [0.15, 0.2) is 78.9 Å². The zero-order valence-corrected chi connectivity index (χ0v) is 14.8. The number of carbonyl (C=O) groups is 1. The van der Waals surface area contributed by atoms with Crippen LogP contribution in [-0.2, 0) is 6.54 Å². The van der Waals surface area contributed by atoms with Crippen molar-refractivity contribution >= 4 is 38.3 Å².